The van der Waals surface area contributed by atoms with E-state index in [2.05, 4.69) is 58.2 Å². The van der Waals surface area contributed by atoms with Crippen molar-refractivity contribution in [3.63, 3.8) is 0 Å². The standard InChI is InChI=1S/C14H21BrN2O/c1-10-3-4-12(7-14(10)15)17-11(2)5-6-16-8-13(17)9-18/h3-4,7,11,13,16,18H,5-6,8-9H2,1-2H3. The van der Waals surface area contributed by atoms with Gasteiger partial charge in [-0.3, -0.25) is 0 Å². The smallest absolute Gasteiger partial charge is 0.0648 e. The summed E-state index contributed by atoms with van der Waals surface area (Å²) in [7, 11) is 0. The molecule has 1 fully saturated rings. The van der Waals surface area contributed by atoms with Gasteiger partial charge in [-0.1, -0.05) is 22.0 Å². The highest BCUT2D eigenvalue weighted by Gasteiger charge is 2.25. The Bertz CT molecular complexity index is 411. The van der Waals surface area contributed by atoms with Gasteiger partial charge >= 0.3 is 0 Å². The summed E-state index contributed by atoms with van der Waals surface area (Å²) in [4.78, 5) is 2.34. The van der Waals surface area contributed by atoms with Crippen LogP contribution in [-0.2, 0) is 0 Å². The van der Waals surface area contributed by atoms with E-state index in [9.17, 15) is 5.11 Å². The number of aliphatic hydroxyl groups is 1. The molecule has 1 aromatic carbocycles. The van der Waals surface area contributed by atoms with E-state index < -0.39 is 0 Å². The van der Waals surface area contributed by atoms with Crippen LogP contribution in [0, 0.1) is 6.92 Å². The van der Waals surface area contributed by atoms with Crippen molar-refractivity contribution in [2.24, 2.45) is 0 Å². The molecular weight excluding hydrogens is 292 g/mol. The molecule has 0 radical (unpaired) electrons. The number of benzene rings is 1. The number of nitrogens with one attached hydrogen (secondary N) is 1. The maximum atomic E-state index is 9.60. The number of hydrogen-bond acceptors (Lipinski definition) is 3. The molecule has 1 saturated heterocycles. The van der Waals surface area contributed by atoms with Crippen LogP contribution < -0.4 is 10.2 Å². The maximum Gasteiger partial charge on any atom is 0.0648 e. The van der Waals surface area contributed by atoms with Crippen molar-refractivity contribution in [1.29, 1.82) is 0 Å². The second-order valence-corrected chi connectivity index (χ2v) is 5.87. The van der Waals surface area contributed by atoms with Crippen molar-refractivity contribution in [3.8, 4) is 0 Å². The van der Waals surface area contributed by atoms with Crippen LogP contribution in [0.15, 0.2) is 22.7 Å². The molecule has 3 nitrogen and oxygen atoms in total. The summed E-state index contributed by atoms with van der Waals surface area (Å²) >= 11 is 3.59. The number of nitrogens with zero attached hydrogens (tertiary/aromatic N) is 1. The first-order valence-electron chi connectivity index (χ1n) is 6.49. The Hall–Kier alpha value is -0.580. The molecule has 0 bridgehead atoms. The quantitative estimate of drug-likeness (QED) is 0.879. The highest BCUT2D eigenvalue weighted by atomic mass is 79.9. The van der Waals surface area contributed by atoms with E-state index in [1.54, 1.807) is 0 Å². The predicted molar refractivity (Wildman–Crippen MR) is 79.2 cm³/mol. The fourth-order valence-electron chi connectivity index (χ4n) is 2.54. The minimum atomic E-state index is 0.150. The molecular formula is C14H21BrN2O. The van der Waals surface area contributed by atoms with E-state index in [4.69, 9.17) is 0 Å². The van der Waals surface area contributed by atoms with Gasteiger partial charge in [0.25, 0.3) is 0 Å². The molecule has 2 N–H and O–H groups in total. The number of anilines is 1. The van der Waals surface area contributed by atoms with E-state index in [-0.39, 0.29) is 12.6 Å². The Morgan fingerprint density at radius 3 is 2.94 bits per heavy atom. The molecule has 4 heteroatoms. The van der Waals surface area contributed by atoms with Gasteiger partial charge < -0.3 is 15.3 Å². The first-order valence-corrected chi connectivity index (χ1v) is 7.29. The normalized spacial score (nSPS) is 25.0. The maximum absolute atomic E-state index is 9.60. The average molecular weight is 313 g/mol. The van der Waals surface area contributed by atoms with Crippen LogP contribution in [0.2, 0.25) is 0 Å². The molecule has 0 aliphatic carbocycles. The molecule has 0 spiro atoms. The fraction of sp³-hybridized carbons (Fsp3) is 0.571. The first-order chi connectivity index (χ1) is 8.63. The zero-order valence-corrected chi connectivity index (χ0v) is 12.6. The van der Waals surface area contributed by atoms with Crippen LogP contribution in [0.4, 0.5) is 5.69 Å². The van der Waals surface area contributed by atoms with Crippen LogP contribution >= 0.6 is 15.9 Å². The molecule has 2 unspecified atom stereocenters. The van der Waals surface area contributed by atoms with Gasteiger partial charge in [0.1, 0.15) is 0 Å². The van der Waals surface area contributed by atoms with Gasteiger partial charge in [0, 0.05) is 22.7 Å². The van der Waals surface area contributed by atoms with E-state index in [1.165, 1.54) is 11.3 Å². The van der Waals surface area contributed by atoms with Crippen LogP contribution in [0.5, 0.6) is 0 Å². The number of halogens is 1. The summed E-state index contributed by atoms with van der Waals surface area (Å²) in [5.74, 6) is 0. The molecule has 1 aromatic rings. The molecule has 0 aromatic heterocycles. The zero-order chi connectivity index (χ0) is 13.1. The molecule has 2 rings (SSSR count). The van der Waals surface area contributed by atoms with Crippen LogP contribution in [0.25, 0.3) is 0 Å². The average Bonchev–Trinajstić information content (AvgIpc) is 2.54. The Morgan fingerprint density at radius 1 is 1.50 bits per heavy atom. The van der Waals surface area contributed by atoms with Gasteiger partial charge in [-0.2, -0.15) is 0 Å². The largest absolute Gasteiger partial charge is 0.394 e. The van der Waals surface area contributed by atoms with Crippen LogP contribution in [-0.4, -0.2) is 36.9 Å². The van der Waals surface area contributed by atoms with Crippen molar-refractivity contribution >= 4 is 21.6 Å². The molecule has 1 aliphatic heterocycles. The second-order valence-electron chi connectivity index (χ2n) is 5.02. The molecule has 18 heavy (non-hydrogen) atoms. The van der Waals surface area contributed by atoms with Gasteiger partial charge in [0.05, 0.1) is 12.6 Å². The number of aryl methyl sites for hydroxylation is 1. The fourth-order valence-corrected chi connectivity index (χ4v) is 2.90. The van der Waals surface area contributed by atoms with Crippen molar-refractivity contribution in [1.82, 2.24) is 5.32 Å². The van der Waals surface area contributed by atoms with Crippen molar-refractivity contribution in [2.75, 3.05) is 24.6 Å². The Labute approximate surface area is 117 Å². The highest BCUT2D eigenvalue weighted by Crippen LogP contribution is 2.27. The molecule has 2 atom stereocenters. The lowest BCUT2D eigenvalue weighted by Gasteiger charge is -2.35. The third-order valence-corrected chi connectivity index (χ3v) is 4.51. The van der Waals surface area contributed by atoms with Gasteiger partial charge in [-0.05, 0) is 44.5 Å². The number of hydrogen-bond donors (Lipinski definition) is 2. The second kappa shape index (κ2) is 6.04. The minimum Gasteiger partial charge on any atom is -0.394 e. The first kappa shape index (κ1) is 13.8. The molecule has 0 amide bonds. The van der Waals surface area contributed by atoms with E-state index >= 15 is 0 Å². The Kier molecular flexibility index (Phi) is 4.65. The summed E-state index contributed by atoms with van der Waals surface area (Å²) in [5.41, 5.74) is 2.42. The summed E-state index contributed by atoms with van der Waals surface area (Å²) in [6.45, 7) is 6.35. The van der Waals surface area contributed by atoms with Crippen molar-refractivity contribution in [2.45, 2.75) is 32.4 Å². The van der Waals surface area contributed by atoms with Gasteiger partial charge in [0.15, 0.2) is 0 Å². The Balaban J connectivity index is 2.33. The highest BCUT2D eigenvalue weighted by molar-refractivity contribution is 9.10. The molecule has 1 aliphatic rings. The monoisotopic (exact) mass is 312 g/mol. The van der Waals surface area contributed by atoms with Crippen molar-refractivity contribution in [3.05, 3.63) is 28.2 Å². The topological polar surface area (TPSA) is 35.5 Å². The van der Waals surface area contributed by atoms with E-state index in [0.29, 0.717) is 6.04 Å². The SMILES string of the molecule is Cc1ccc(N2C(C)CCNCC2CO)cc1Br. The van der Waals surface area contributed by atoms with Crippen molar-refractivity contribution < 1.29 is 5.11 Å². The van der Waals surface area contributed by atoms with E-state index in [1.807, 2.05) is 0 Å². The van der Waals surface area contributed by atoms with Gasteiger partial charge in [-0.15, -0.1) is 0 Å². The molecule has 100 valence electrons. The molecule has 1 heterocycles. The summed E-state index contributed by atoms with van der Waals surface area (Å²) in [5, 5.41) is 13.0. The summed E-state index contributed by atoms with van der Waals surface area (Å²) in [6, 6.07) is 7.01. The van der Waals surface area contributed by atoms with Crippen LogP contribution in [0.1, 0.15) is 18.9 Å². The lowest BCUT2D eigenvalue weighted by atomic mass is 10.1. The lowest BCUT2D eigenvalue weighted by molar-refractivity contribution is 0.255. The molecule has 0 saturated carbocycles. The number of rotatable bonds is 2. The van der Waals surface area contributed by atoms with Gasteiger partial charge in [-0.25, -0.2) is 0 Å². The number of aliphatic hydroxyl groups excluding tert-OH is 1. The minimum absolute atomic E-state index is 0.150. The third kappa shape index (κ3) is 2.87. The van der Waals surface area contributed by atoms with Crippen LogP contribution in [0.3, 0.4) is 0 Å². The Morgan fingerprint density at radius 2 is 2.28 bits per heavy atom. The summed E-state index contributed by atoms with van der Waals surface area (Å²) in [6.07, 6.45) is 1.10. The van der Waals surface area contributed by atoms with E-state index in [0.717, 1.165) is 24.0 Å². The lowest BCUT2D eigenvalue weighted by Crippen LogP contribution is -2.46. The zero-order valence-electron chi connectivity index (χ0n) is 11.0. The van der Waals surface area contributed by atoms with Gasteiger partial charge in [0.2, 0.25) is 0 Å². The summed E-state index contributed by atoms with van der Waals surface area (Å²) < 4.78 is 1.13. The predicted octanol–water partition coefficient (Wildman–Crippen LogP) is 2.31. The third-order valence-electron chi connectivity index (χ3n) is 3.65.